The lowest BCUT2D eigenvalue weighted by Gasteiger charge is -2.11. The summed E-state index contributed by atoms with van der Waals surface area (Å²) in [5, 5.41) is 7.36. The number of rotatable bonds is 7. The van der Waals surface area contributed by atoms with Gasteiger partial charge in [-0.05, 0) is 148 Å². The Morgan fingerprint density at radius 2 is 0.391 bits per heavy atom. The van der Waals surface area contributed by atoms with Gasteiger partial charge in [0.15, 0.2) is 0 Å². The Bertz CT molecular complexity index is 4260. The van der Waals surface area contributed by atoms with Gasteiger partial charge in [-0.15, -0.1) is 0 Å². The molecule has 322 valence electrons. The molecule has 0 aliphatic heterocycles. The van der Waals surface area contributed by atoms with Crippen LogP contribution in [0.15, 0.2) is 261 Å². The van der Waals surface area contributed by atoms with E-state index in [-0.39, 0.29) is 0 Å². The molecule has 14 aromatic rings. The molecule has 3 aromatic heterocycles. The van der Waals surface area contributed by atoms with Crippen molar-refractivity contribution in [3.05, 3.63) is 261 Å². The van der Waals surface area contributed by atoms with Gasteiger partial charge < -0.3 is 13.7 Å². The van der Waals surface area contributed by atoms with Crippen molar-refractivity contribution in [2.45, 2.75) is 0 Å². The van der Waals surface area contributed by atoms with Crippen molar-refractivity contribution < 1.29 is 0 Å². The molecule has 0 aliphatic rings. The molecule has 0 saturated carbocycles. The standard InChI is InChI=1S/C66H43N3/c1-6-16-44(17-7-1)47-26-32-61-55(38-47)57-41-50(29-35-62(57)67(61)52-22-12-4-13-23-52)51-30-36-65-58(42-51)56-39-48(45-18-8-2-9-19-45)28-34-64(56)69(65)54-31-37-66-60(43-54)59-40-49(46-20-10-3-11-21-46)27-33-63(59)68(66)53-24-14-5-15-25-53/h1-43H. The number of nitrogens with zero attached hydrogens (tertiary/aromatic N) is 3. The normalized spacial score (nSPS) is 11.8. The molecule has 14 rings (SSSR count). The first kappa shape index (κ1) is 39.0. The molecule has 69 heavy (non-hydrogen) atoms. The highest BCUT2D eigenvalue weighted by Crippen LogP contribution is 2.42. The van der Waals surface area contributed by atoms with Crippen LogP contribution in [0.3, 0.4) is 0 Å². The fraction of sp³-hybridized carbons (Fsp3) is 0. The fourth-order valence-electron chi connectivity index (χ4n) is 11.0. The summed E-state index contributed by atoms with van der Waals surface area (Å²) in [5.41, 5.74) is 20.1. The van der Waals surface area contributed by atoms with E-state index in [2.05, 4.69) is 275 Å². The Labute approximate surface area is 399 Å². The molecule has 0 fully saturated rings. The van der Waals surface area contributed by atoms with Gasteiger partial charge in [0.1, 0.15) is 0 Å². The van der Waals surface area contributed by atoms with Crippen molar-refractivity contribution >= 4 is 65.4 Å². The van der Waals surface area contributed by atoms with Crippen LogP contribution in [0.25, 0.3) is 127 Å². The highest BCUT2D eigenvalue weighted by molar-refractivity contribution is 6.15. The minimum Gasteiger partial charge on any atom is -0.309 e. The molecule has 0 bridgehead atoms. The van der Waals surface area contributed by atoms with Crippen LogP contribution in [-0.4, -0.2) is 13.7 Å². The van der Waals surface area contributed by atoms with Crippen molar-refractivity contribution in [1.82, 2.24) is 13.7 Å². The second-order valence-corrected chi connectivity index (χ2v) is 18.1. The maximum absolute atomic E-state index is 2.47. The molecular weight excluding hydrogens is 835 g/mol. The average Bonchev–Trinajstić information content (AvgIpc) is 4.06. The van der Waals surface area contributed by atoms with E-state index in [1.807, 2.05) is 0 Å². The Hall–Kier alpha value is -9.18. The number of aromatic nitrogens is 3. The number of hydrogen-bond acceptors (Lipinski definition) is 0. The topological polar surface area (TPSA) is 14.8 Å². The molecule has 0 radical (unpaired) electrons. The Balaban J connectivity index is 0.986. The average molecular weight is 878 g/mol. The zero-order valence-electron chi connectivity index (χ0n) is 37.7. The lowest BCUT2D eigenvalue weighted by atomic mass is 9.98. The molecule has 0 saturated heterocycles. The van der Waals surface area contributed by atoms with Crippen LogP contribution in [-0.2, 0) is 0 Å². The smallest absolute Gasteiger partial charge is 0.0542 e. The molecule has 0 unspecified atom stereocenters. The quantitative estimate of drug-likeness (QED) is 0.152. The van der Waals surface area contributed by atoms with Crippen LogP contribution in [0, 0.1) is 0 Å². The van der Waals surface area contributed by atoms with Crippen molar-refractivity contribution in [2.75, 3.05) is 0 Å². The van der Waals surface area contributed by atoms with Crippen LogP contribution in [0.5, 0.6) is 0 Å². The third-order valence-electron chi connectivity index (χ3n) is 14.2. The lowest BCUT2D eigenvalue weighted by molar-refractivity contribution is 1.17. The minimum atomic E-state index is 1.13. The maximum Gasteiger partial charge on any atom is 0.0542 e. The Morgan fingerprint density at radius 3 is 0.696 bits per heavy atom. The molecular formula is C66H43N3. The summed E-state index contributed by atoms with van der Waals surface area (Å²) in [6.07, 6.45) is 0. The molecule has 0 atom stereocenters. The van der Waals surface area contributed by atoms with E-state index in [9.17, 15) is 0 Å². The van der Waals surface area contributed by atoms with E-state index >= 15 is 0 Å². The van der Waals surface area contributed by atoms with Crippen molar-refractivity contribution in [2.24, 2.45) is 0 Å². The SMILES string of the molecule is c1ccc(-c2ccc3c(c2)c2cc(-c4ccc5c(c4)c4cc(-c6ccccc6)ccc4n5-c4ccc5c(c4)c4cc(-c6ccccc6)ccc4n5-c4ccccc4)ccc2n3-c2ccccc2)cc1. The van der Waals surface area contributed by atoms with Crippen molar-refractivity contribution in [1.29, 1.82) is 0 Å². The van der Waals surface area contributed by atoms with Crippen molar-refractivity contribution in [3.63, 3.8) is 0 Å². The highest BCUT2D eigenvalue weighted by atomic mass is 15.0. The van der Waals surface area contributed by atoms with Gasteiger partial charge in [0.05, 0.1) is 33.1 Å². The first-order valence-electron chi connectivity index (χ1n) is 23.7. The first-order chi connectivity index (χ1) is 34.2. The second-order valence-electron chi connectivity index (χ2n) is 18.1. The van der Waals surface area contributed by atoms with Crippen LogP contribution in [0.1, 0.15) is 0 Å². The van der Waals surface area contributed by atoms with E-state index in [0.717, 1.165) is 17.1 Å². The summed E-state index contributed by atoms with van der Waals surface area (Å²) in [5.74, 6) is 0. The number of hydrogen-bond donors (Lipinski definition) is 0. The van der Waals surface area contributed by atoms with Crippen LogP contribution in [0.2, 0.25) is 0 Å². The molecule has 3 heteroatoms. The monoisotopic (exact) mass is 877 g/mol. The van der Waals surface area contributed by atoms with Crippen LogP contribution < -0.4 is 0 Å². The molecule has 3 heterocycles. The number of fused-ring (bicyclic) bond motifs is 9. The highest BCUT2D eigenvalue weighted by Gasteiger charge is 2.20. The molecule has 3 nitrogen and oxygen atoms in total. The summed E-state index contributed by atoms with van der Waals surface area (Å²) in [6, 6.07) is 95.6. The van der Waals surface area contributed by atoms with E-state index in [4.69, 9.17) is 0 Å². The van der Waals surface area contributed by atoms with Gasteiger partial charge in [0, 0.05) is 49.4 Å². The van der Waals surface area contributed by atoms with Crippen LogP contribution >= 0.6 is 0 Å². The summed E-state index contributed by atoms with van der Waals surface area (Å²) < 4.78 is 7.28. The maximum atomic E-state index is 2.47. The second kappa shape index (κ2) is 15.7. The van der Waals surface area contributed by atoms with Gasteiger partial charge in [-0.25, -0.2) is 0 Å². The van der Waals surface area contributed by atoms with Gasteiger partial charge in [-0.3, -0.25) is 0 Å². The number of benzene rings is 11. The zero-order chi connectivity index (χ0) is 45.4. The number of para-hydroxylation sites is 2. The summed E-state index contributed by atoms with van der Waals surface area (Å²) >= 11 is 0. The van der Waals surface area contributed by atoms with E-state index in [1.54, 1.807) is 0 Å². The van der Waals surface area contributed by atoms with Crippen LogP contribution in [0.4, 0.5) is 0 Å². The van der Waals surface area contributed by atoms with Gasteiger partial charge in [-0.1, -0.05) is 158 Å². The van der Waals surface area contributed by atoms with Gasteiger partial charge in [0.2, 0.25) is 0 Å². The van der Waals surface area contributed by atoms with Crippen molar-refractivity contribution in [3.8, 4) is 61.6 Å². The zero-order valence-corrected chi connectivity index (χ0v) is 37.7. The third kappa shape index (κ3) is 6.36. The van der Waals surface area contributed by atoms with Gasteiger partial charge in [0.25, 0.3) is 0 Å². The summed E-state index contributed by atoms with van der Waals surface area (Å²) in [4.78, 5) is 0. The predicted octanol–water partition coefficient (Wildman–Crippen LogP) is 17.6. The molecule has 0 aliphatic carbocycles. The first-order valence-corrected chi connectivity index (χ1v) is 23.7. The fourth-order valence-corrected chi connectivity index (χ4v) is 11.0. The van der Waals surface area contributed by atoms with E-state index in [1.165, 1.54) is 110 Å². The molecule has 11 aromatic carbocycles. The minimum absolute atomic E-state index is 1.13. The molecule has 0 amide bonds. The van der Waals surface area contributed by atoms with E-state index in [0.29, 0.717) is 0 Å². The predicted molar refractivity (Wildman–Crippen MR) is 291 cm³/mol. The van der Waals surface area contributed by atoms with Gasteiger partial charge in [-0.2, -0.15) is 0 Å². The summed E-state index contributed by atoms with van der Waals surface area (Å²) in [7, 11) is 0. The third-order valence-corrected chi connectivity index (χ3v) is 14.2. The molecule has 0 spiro atoms. The van der Waals surface area contributed by atoms with E-state index < -0.39 is 0 Å². The summed E-state index contributed by atoms with van der Waals surface area (Å²) in [6.45, 7) is 0. The van der Waals surface area contributed by atoms with Gasteiger partial charge >= 0.3 is 0 Å². The Morgan fingerprint density at radius 1 is 0.159 bits per heavy atom. The lowest BCUT2D eigenvalue weighted by Crippen LogP contribution is -1.95. The Kier molecular flexibility index (Phi) is 8.90. The molecule has 0 N–H and O–H groups in total. The largest absolute Gasteiger partial charge is 0.309 e.